The first kappa shape index (κ1) is 16.0. The fourth-order valence-corrected chi connectivity index (χ4v) is 2.77. The van der Waals surface area contributed by atoms with Gasteiger partial charge in [-0.1, -0.05) is 42.5 Å². The average Bonchev–Trinajstić information content (AvgIpc) is 2.92. The molecule has 1 heterocycles. The minimum absolute atomic E-state index is 0.0444. The molecule has 1 aliphatic rings. The van der Waals surface area contributed by atoms with E-state index >= 15 is 0 Å². The molecular weight excluding hydrogens is 326 g/mol. The summed E-state index contributed by atoms with van der Waals surface area (Å²) < 4.78 is 5.48. The van der Waals surface area contributed by atoms with Gasteiger partial charge in [0.15, 0.2) is 12.4 Å². The molecule has 0 radical (unpaired) electrons. The van der Waals surface area contributed by atoms with E-state index in [9.17, 15) is 14.4 Å². The number of ether oxygens (including phenoxy) is 1. The molecule has 0 aliphatic carbocycles. The van der Waals surface area contributed by atoms with E-state index in [0.29, 0.717) is 16.2 Å². The zero-order chi connectivity index (χ0) is 16.9. The Balaban J connectivity index is 1.61. The number of imide groups is 1. The standard InChI is InChI=1S/C18H13NO4S/c20-15(13-4-2-1-3-5-13)11-23-14-8-6-12(7-9-14)10-16-17(21)19-18(22)24-16/h1-10H,11H2,(H,19,21,22). The lowest BCUT2D eigenvalue weighted by Gasteiger charge is -2.06. The number of benzene rings is 2. The zero-order valence-electron chi connectivity index (χ0n) is 12.5. The molecule has 1 fully saturated rings. The van der Waals surface area contributed by atoms with Crippen LogP contribution >= 0.6 is 11.8 Å². The second-order valence-electron chi connectivity index (χ2n) is 5.00. The van der Waals surface area contributed by atoms with Gasteiger partial charge in [0.2, 0.25) is 0 Å². The average molecular weight is 339 g/mol. The molecule has 0 bridgehead atoms. The van der Waals surface area contributed by atoms with Crippen LogP contribution in [0, 0.1) is 0 Å². The first-order valence-electron chi connectivity index (χ1n) is 7.18. The van der Waals surface area contributed by atoms with Crippen molar-refractivity contribution in [2.45, 2.75) is 0 Å². The number of Topliss-reactive ketones (excluding diaryl/α,β-unsaturated/α-hetero) is 1. The molecular formula is C18H13NO4S. The Morgan fingerprint density at radius 3 is 2.38 bits per heavy atom. The van der Waals surface area contributed by atoms with Crippen molar-refractivity contribution in [1.29, 1.82) is 0 Å². The number of hydrogen-bond donors (Lipinski definition) is 1. The Morgan fingerprint density at radius 1 is 1.04 bits per heavy atom. The molecule has 5 nitrogen and oxygen atoms in total. The van der Waals surface area contributed by atoms with Gasteiger partial charge in [0.05, 0.1) is 4.91 Å². The van der Waals surface area contributed by atoms with Crippen LogP contribution in [0.15, 0.2) is 59.5 Å². The fraction of sp³-hybridized carbons (Fsp3) is 0.0556. The van der Waals surface area contributed by atoms with E-state index in [0.717, 1.165) is 17.3 Å². The lowest BCUT2D eigenvalue weighted by molar-refractivity contribution is -0.115. The maximum atomic E-state index is 12.0. The van der Waals surface area contributed by atoms with Gasteiger partial charge in [0, 0.05) is 5.56 Å². The summed E-state index contributed by atoms with van der Waals surface area (Å²) in [6.07, 6.45) is 1.63. The van der Waals surface area contributed by atoms with Gasteiger partial charge in [-0.3, -0.25) is 19.7 Å². The Kier molecular flexibility index (Phi) is 4.77. The van der Waals surface area contributed by atoms with Crippen LogP contribution in [0.1, 0.15) is 15.9 Å². The number of carbonyl (C=O) groups is 3. The highest BCUT2D eigenvalue weighted by Gasteiger charge is 2.24. The van der Waals surface area contributed by atoms with Crippen molar-refractivity contribution in [3.63, 3.8) is 0 Å². The van der Waals surface area contributed by atoms with E-state index in [1.807, 2.05) is 6.07 Å². The zero-order valence-corrected chi connectivity index (χ0v) is 13.3. The molecule has 1 aliphatic heterocycles. The van der Waals surface area contributed by atoms with Crippen molar-refractivity contribution in [2.75, 3.05) is 6.61 Å². The highest BCUT2D eigenvalue weighted by atomic mass is 32.2. The van der Waals surface area contributed by atoms with Gasteiger partial charge in [-0.15, -0.1) is 0 Å². The largest absolute Gasteiger partial charge is 0.485 e. The normalized spacial score (nSPS) is 15.4. The quantitative estimate of drug-likeness (QED) is 0.668. The highest BCUT2D eigenvalue weighted by Crippen LogP contribution is 2.26. The van der Waals surface area contributed by atoms with Gasteiger partial charge in [-0.2, -0.15) is 0 Å². The molecule has 0 unspecified atom stereocenters. The van der Waals surface area contributed by atoms with Gasteiger partial charge >= 0.3 is 0 Å². The molecule has 120 valence electrons. The number of ketones is 1. The van der Waals surface area contributed by atoms with Crippen molar-refractivity contribution in [1.82, 2.24) is 5.32 Å². The lowest BCUT2D eigenvalue weighted by atomic mass is 10.1. The Morgan fingerprint density at radius 2 is 1.75 bits per heavy atom. The lowest BCUT2D eigenvalue weighted by Crippen LogP contribution is -2.17. The van der Waals surface area contributed by atoms with Gasteiger partial charge in [-0.05, 0) is 35.5 Å². The number of rotatable bonds is 5. The van der Waals surface area contributed by atoms with Gasteiger partial charge < -0.3 is 4.74 Å². The van der Waals surface area contributed by atoms with Crippen molar-refractivity contribution in [3.05, 3.63) is 70.6 Å². The molecule has 0 spiro atoms. The Bertz CT molecular complexity index is 813. The number of carbonyl (C=O) groups excluding carboxylic acids is 3. The molecule has 2 amide bonds. The molecule has 3 rings (SSSR count). The van der Waals surface area contributed by atoms with Crippen LogP contribution in [0.3, 0.4) is 0 Å². The summed E-state index contributed by atoms with van der Waals surface area (Å²) in [7, 11) is 0. The van der Waals surface area contributed by atoms with Crippen LogP contribution in [0.25, 0.3) is 6.08 Å². The predicted octanol–water partition coefficient (Wildman–Crippen LogP) is 3.27. The van der Waals surface area contributed by atoms with Crippen LogP contribution in [0.4, 0.5) is 4.79 Å². The SMILES string of the molecule is O=C1NC(=O)C(=Cc2ccc(OCC(=O)c3ccccc3)cc2)S1. The van der Waals surface area contributed by atoms with Crippen molar-refractivity contribution >= 4 is 34.8 Å². The summed E-state index contributed by atoms with van der Waals surface area (Å²) >= 11 is 0.870. The summed E-state index contributed by atoms with van der Waals surface area (Å²) in [5.41, 5.74) is 1.37. The third kappa shape index (κ3) is 3.91. The summed E-state index contributed by atoms with van der Waals surface area (Å²) in [5.74, 6) is 0.0687. The van der Waals surface area contributed by atoms with Crippen LogP contribution in [-0.2, 0) is 4.79 Å². The maximum absolute atomic E-state index is 12.0. The minimum Gasteiger partial charge on any atom is -0.485 e. The first-order valence-corrected chi connectivity index (χ1v) is 7.99. The van der Waals surface area contributed by atoms with E-state index in [-0.39, 0.29) is 17.6 Å². The van der Waals surface area contributed by atoms with E-state index in [2.05, 4.69) is 5.32 Å². The van der Waals surface area contributed by atoms with E-state index in [1.165, 1.54) is 0 Å². The highest BCUT2D eigenvalue weighted by molar-refractivity contribution is 8.18. The summed E-state index contributed by atoms with van der Waals surface area (Å²) in [4.78, 5) is 34.9. The van der Waals surface area contributed by atoms with E-state index < -0.39 is 5.91 Å². The van der Waals surface area contributed by atoms with Crippen molar-refractivity contribution in [3.8, 4) is 5.75 Å². The number of hydrogen-bond acceptors (Lipinski definition) is 5. The second kappa shape index (κ2) is 7.14. The smallest absolute Gasteiger partial charge is 0.290 e. The van der Waals surface area contributed by atoms with Crippen molar-refractivity contribution in [2.24, 2.45) is 0 Å². The predicted molar refractivity (Wildman–Crippen MR) is 91.8 cm³/mol. The van der Waals surface area contributed by atoms with Crippen LogP contribution < -0.4 is 10.1 Å². The third-order valence-corrected chi connectivity index (χ3v) is 4.10. The summed E-state index contributed by atoms with van der Waals surface area (Å²) in [5, 5.41) is 1.83. The molecule has 0 atom stereocenters. The van der Waals surface area contributed by atoms with Gasteiger partial charge in [0.25, 0.3) is 11.1 Å². The van der Waals surface area contributed by atoms with Gasteiger partial charge in [-0.25, -0.2) is 0 Å². The fourth-order valence-electron chi connectivity index (χ4n) is 2.09. The molecule has 6 heteroatoms. The molecule has 0 aromatic heterocycles. The molecule has 2 aromatic rings. The van der Waals surface area contributed by atoms with E-state index in [1.54, 1.807) is 54.6 Å². The number of nitrogens with one attached hydrogen (secondary N) is 1. The minimum atomic E-state index is -0.390. The van der Waals surface area contributed by atoms with Gasteiger partial charge in [0.1, 0.15) is 5.75 Å². The Labute approximate surface area is 142 Å². The maximum Gasteiger partial charge on any atom is 0.290 e. The van der Waals surface area contributed by atoms with Crippen molar-refractivity contribution < 1.29 is 19.1 Å². The van der Waals surface area contributed by atoms with Crippen LogP contribution in [0.2, 0.25) is 0 Å². The Hall–Kier alpha value is -2.86. The summed E-state index contributed by atoms with van der Waals surface area (Å²) in [6.45, 7) is -0.0444. The first-order chi connectivity index (χ1) is 11.6. The van der Waals surface area contributed by atoms with Crippen LogP contribution in [-0.4, -0.2) is 23.5 Å². The molecule has 24 heavy (non-hydrogen) atoms. The number of thioether (sulfide) groups is 1. The number of amides is 2. The third-order valence-electron chi connectivity index (χ3n) is 3.29. The summed E-state index contributed by atoms with van der Waals surface area (Å²) in [6, 6.07) is 15.9. The topological polar surface area (TPSA) is 72.5 Å². The molecule has 1 N–H and O–H groups in total. The van der Waals surface area contributed by atoms with E-state index in [4.69, 9.17) is 4.74 Å². The molecule has 2 aromatic carbocycles. The molecule has 0 saturated carbocycles. The second-order valence-corrected chi connectivity index (χ2v) is 6.01. The molecule has 1 saturated heterocycles. The van der Waals surface area contributed by atoms with Crippen LogP contribution in [0.5, 0.6) is 5.75 Å². The monoisotopic (exact) mass is 339 g/mol.